The molecule has 0 saturated carbocycles. The van der Waals surface area contributed by atoms with Gasteiger partial charge in [-0.25, -0.2) is 8.42 Å². The largest absolute Gasteiger partial charge is 0.340 e. The smallest absolute Gasteiger partial charge is 0.243 e. The lowest BCUT2D eigenvalue weighted by Crippen LogP contribution is -2.50. The summed E-state index contributed by atoms with van der Waals surface area (Å²) in [5, 5.41) is 7.84. The zero-order chi connectivity index (χ0) is 23.8. The molecule has 0 atom stereocenters. The first kappa shape index (κ1) is 23.6. The summed E-state index contributed by atoms with van der Waals surface area (Å²) in [5.74, 6) is 0.905. The highest BCUT2D eigenvalue weighted by molar-refractivity contribution is 7.89. The topological polar surface area (TPSA) is 96.6 Å². The van der Waals surface area contributed by atoms with E-state index in [1.165, 1.54) is 4.31 Å². The zero-order valence-corrected chi connectivity index (χ0v) is 20.9. The molecule has 1 fully saturated rings. The molecule has 1 saturated heterocycles. The Labute approximate surface area is 198 Å². The molecule has 8 nitrogen and oxygen atoms in total. The summed E-state index contributed by atoms with van der Waals surface area (Å²) in [5.41, 5.74) is 4.41. The lowest BCUT2D eigenvalue weighted by atomic mass is 10.0. The van der Waals surface area contributed by atoms with E-state index in [1.807, 2.05) is 50.6 Å². The first-order valence-corrected chi connectivity index (χ1v) is 13.3. The number of sulfonamides is 1. The maximum absolute atomic E-state index is 13.4. The van der Waals surface area contributed by atoms with Gasteiger partial charge in [-0.1, -0.05) is 11.2 Å². The minimum atomic E-state index is -3.63. The summed E-state index contributed by atoms with van der Waals surface area (Å²) in [4.78, 5) is 19.2. The highest BCUT2D eigenvalue weighted by atomic mass is 32.2. The number of aryl methyl sites for hydroxylation is 3. The SMILES string of the molecule is Cc1cc(C)c(C)c(S(=O)(=O)N2CCN(C(=O)CCc3nc(-c4ccsc4)no3)CC2)c1C. The molecular formula is C23H28N4O4S2. The standard InChI is InChI=1S/C23H28N4O4S2/c1-15-13-16(2)18(4)22(17(15)3)33(29,30)27-10-8-26(9-11-27)21(28)6-5-20-24-23(25-31-20)19-7-12-32-14-19/h7,12-14H,5-6,8-11H2,1-4H3. The van der Waals surface area contributed by atoms with E-state index in [-0.39, 0.29) is 25.4 Å². The van der Waals surface area contributed by atoms with E-state index < -0.39 is 10.0 Å². The van der Waals surface area contributed by atoms with E-state index in [1.54, 1.807) is 16.2 Å². The number of nitrogens with zero attached hydrogens (tertiary/aromatic N) is 4. The summed E-state index contributed by atoms with van der Waals surface area (Å²) in [6, 6.07) is 3.94. The van der Waals surface area contributed by atoms with Crippen molar-refractivity contribution in [3.63, 3.8) is 0 Å². The second kappa shape index (κ2) is 9.36. The van der Waals surface area contributed by atoms with Crippen molar-refractivity contribution in [1.82, 2.24) is 19.3 Å². The summed E-state index contributed by atoms with van der Waals surface area (Å²) >= 11 is 1.55. The number of hydrogen-bond acceptors (Lipinski definition) is 7. The van der Waals surface area contributed by atoms with E-state index in [4.69, 9.17) is 4.52 Å². The summed E-state index contributed by atoms with van der Waals surface area (Å²) in [7, 11) is -3.63. The average Bonchev–Trinajstić information content (AvgIpc) is 3.48. The Hall–Kier alpha value is -2.56. The molecule has 2 aromatic heterocycles. The van der Waals surface area contributed by atoms with Crippen LogP contribution < -0.4 is 0 Å². The van der Waals surface area contributed by atoms with Crippen molar-refractivity contribution in [3.8, 4) is 11.4 Å². The van der Waals surface area contributed by atoms with Gasteiger partial charge in [-0.05, 0) is 61.4 Å². The Morgan fingerprint density at radius 2 is 1.76 bits per heavy atom. The van der Waals surface area contributed by atoms with Gasteiger partial charge in [-0.2, -0.15) is 20.6 Å². The minimum absolute atomic E-state index is 0.0407. The fourth-order valence-corrected chi connectivity index (χ4v) is 6.74. The Kier molecular flexibility index (Phi) is 6.69. The molecule has 0 bridgehead atoms. The third-order valence-corrected chi connectivity index (χ3v) is 9.14. The Balaban J connectivity index is 1.36. The van der Waals surface area contributed by atoms with Crippen LogP contribution in [0.2, 0.25) is 0 Å². The molecule has 1 aliphatic heterocycles. The normalized spacial score (nSPS) is 15.2. The number of thiophene rings is 1. The van der Waals surface area contributed by atoms with Gasteiger partial charge < -0.3 is 9.42 Å². The number of hydrogen-bond donors (Lipinski definition) is 0. The summed E-state index contributed by atoms with van der Waals surface area (Å²) in [6.07, 6.45) is 0.600. The number of aromatic nitrogens is 2. The van der Waals surface area contributed by atoms with Crippen LogP contribution in [-0.4, -0.2) is 59.8 Å². The second-order valence-electron chi connectivity index (χ2n) is 8.40. The predicted octanol–water partition coefficient (Wildman–Crippen LogP) is 3.50. The molecule has 3 heterocycles. The van der Waals surface area contributed by atoms with Crippen LogP contribution in [0.4, 0.5) is 0 Å². The van der Waals surface area contributed by atoms with Gasteiger partial charge in [-0.3, -0.25) is 4.79 Å². The van der Waals surface area contributed by atoms with Gasteiger partial charge in [-0.15, -0.1) is 0 Å². The molecule has 1 aromatic carbocycles. The average molecular weight is 489 g/mol. The molecule has 0 N–H and O–H groups in total. The maximum atomic E-state index is 13.4. The summed E-state index contributed by atoms with van der Waals surface area (Å²) < 4.78 is 33.6. The van der Waals surface area contributed by atoms with Crippen molar-refractivity contribution in [2.45, 2.75) is 45.4 Å². The third-order valence-electron chi connectivity index (χ3n) is 6.29. The molecule has 4 rings (SSSR count). The van der Waals surface area contributed by atoms with Gasteiger partial charge in [0.2, 0.25) is 27.6 Å². The van der Waals surface area contributed by atoms with E-state index in [2.05, 4.69) is 10.1 Å². The lowest BCUT2D eigenvalue weighted by molar-refractivity contribution is -0.132. The maximum Gasteiger partial charge on any atom is 0.243 e. The van der Waals surface area contributed by atoms with E-state index in [9.17, 15) is 13.2 Å². The van der Waals surface area contributed by atoms with Gasteiger partial charge in [0.15, 0.2) is 0 Å². The van der Waals surface area contributed by atoms with E-state index >= 15 is 0 Å². The third kappa shape index (κ3) is 4.73. The van der Waals surface area contributed by atoms with Crippen LogP contribution in [0.15, 0.2) is 32.3 Å². The van der Waals surface area contributed by atoms with Crippen LogP contribution >= 0.6 is 11.3 Å². The number of piperazine rings is 1. The van der Waals surface area contributed by atoms with Crippen LogP contribution in [0.3, 0.4) is 0 Å². The highest BCUT2D eigenvalue weighted by Gasteiger charge is 2.32. The van der Waals surface area contributed by atoms with Crippen molar-refractivity contribution >= 4 is 27.3 Å². The fourth-order valence-electron chi connectivity index (χ4n) is 4.11. The Bertz CT molecular complexity index is 1230. The molecule has 0 radical (unpaired) electrons. The molecule has 10 heteroatoms. The van der Waals surface area contributed by atoms with Gasteiger partial charge in [0.05, 0.1) is 4.90 Å². The second-order valence-corrected chi connectivity index (χ2v) is 11.1. The fraction of sp³-hybridized carbons (Fsp3) is 0.435. The number of carbonyl (C=O) groups is 1. The molecule has 3 aromatic rings. The monoisotopic (exact) mass is 488 g/mol. The quantitative estimate of drug-likeness (QED) is 0.527. The molecule has 33 heavy (non-hydrogen) atoms. The first-order valence-electron chi connectivity index (χ1n) is 10.9. The van der Waals surface area contributed by atoms with Gasteiger partial charge in [0.1, 0.15) is 0 Å². The summed E-state index contributed by atoms with van der Waals surface area (Å²) in [6.45, 7) is 8.88. The number of benzene rings is 1. The molecule has 0 unspecified atom stereocenters. The van der Waals surface area contributed by atoms with Crippen LogP contribution in [0.1, 0.15) is 34.6 Å². The molecule has 176 valence electrons. The Morgan fingerprint density at radius 3 is 2.36 bits per heavy atom. The van der Waals surface area contributed by atoms with Crippen LogP contribution in [-0.2, 0) is 21.2 Å². The zero-order valence-electron chi connectivity index (χ0n) is 19.3. The van der Waals surface area contributed by atoms with Crippen LogP contribution in [0, 0.1) is 27.7 Å². The minimum Gasteiger partial charge on any atom is -0.340 e. The van der Waals surface area contributed by atoms with Crippen molar-refractivity contribution < 1.29 is 17.7 Å². The number of rotatable bonds is 6. The number of amides is 1. The molecule has 1 aliphatic rings. The molecule has 0 spiro atoms. The molecule has 0 aliphatic carbocycles. The van der Waals surface area contributed by atoms with E-state index in [0.29, 0.717) is 36.1 Å². The van der Waals surface area contributed by atoms with Crippen LogP contribution in [0.25, 0.3) is 11.4 Å². The Morgan fingerprint density at radius 1 is 1.09 bits per heavy atom. The van der Waals surface area contributed by atoms with Crippen molar-refractivity contribution in [3.05, 3.63) is 51.0 Å². The van der Waals surface area contributed by atoms with Gasteiger partial charge in [0, 0.05) is 50.0 Å². The molecular weight excluding hydrogens is 460 g/mol. The van der Waals surface area contributed by atoms with Gasteiger partial charge in [0.25, 0.3) is 0 Å². The van der Waals surface area contributed by atoms with Crippen molar-refractivity contribution in [1.29, 1.82) is 0 Å². The van der Waals surface area contributed by atoms with E-state index in [0.717, 1.165) is 27.8 Å². The van der Waals surface area contributed by atoms with Crippen molar-refractivity contribution in [2.24, 2.45) is 0 Å². The first-order chi connectivity index (χ1) is 15.7. The van der Waals surface area contributed by atoms with Crippen LogP contribution in [0.5, 0.6) is 0 Å². The molecule has 1 amide bonds. The lowest BCUT2D eigenvalue weighted by Gasteiger charge is -2.34. The van der Waals surface area contributed by atoms with Gasteiger partial charge >= 0.3 is 0 Å². The highest BCUT2D eigenvalue weighted by Crippen LogP contribution is 2.29. The number of carbonyl (C=O) groups excluding carboxylic acids is 1. The van der Waals surface area contributed by atoms with Crippen molar-refractivity contribution in [2.75, 3.05) is 26.2 Å². The predicted molar refractivity (Wildman–Crippen MR) is 127 cm³/mol.